The molecule has 2 aliphatic heterocycles. The van der Waals surface area contributed by atoms with E-state index in [4.69, 9.17) is 0 Å². The van der Waals surface area contributed by atoms with E-state index in [1.54, 1.807) is 0 Å². The summed E-state index contributed by atoms with van der Waals surface area (Å²) in [4.78, 5) is 19.0. The van der Waals surface area contributed by atoms with Crippen LogP contribution in [-0.4, -0.2) is 29.6 Å². The summed E-state index contributed by atoms with van der Waals surface area (Å²) in [5.41, 5.74) is 6.45. The van der Waals surface area contributed by atoms with E-state index in [0.29, 0.717) is 6.54 Å². The Hall–Kier alpha value is -2.20. The van der Waals surface area contributed by atoms with Crippen LogP contribution in [0.4, 0.5) is 0 Å². The van der Waals surface area contributed by atoms with Gasteiger partial charge < -0.3 is 4.90 Å². The van der Waals surface area contributed by atoms with Crippen molar-refractivity contribution in [3.05, 3.63) is 75.3 Å². The molecule has 2 heterocycles. The van der Waals surface area contributed by atoms with Gasteiger partial charge in [0.25, 0.3) is 0 Å². The van der Waals surface area contributed by atoms with Crippen LogP contribution in [0.3, 0.4) is 0 Å². The minimum absolute atomic E-state index is 0.0644. The lowest BCUT2D eigenvalue weighted by molar-refractivity contribution is -0.126. The van der Waals surface area contributed by atoms with Crippen molar-refractivity contribution < 1.29 is 4.79 Å². The fourth-order valence-corrected chi connectivity index (χ4v) is 3.91. The minimum Gasteiger partial charge on any atom is -0.310 e. The normalized spacial score (nSPS) is 16.8. The van der Waals surface area contributed by atoms with E-state index < -0.39 is 0 Å². The summed E-state index contributed by atoms with van der Waals surface area (Å²) >= 11 is 3.64. The van der Waals surface area contributed by atoms with Gasteiger partial charge in [0.15, 0.2) is 0 Å². The summed E-state index contributed by atoms with van der Waals surface area (Å²) in [6.07, 6.45) is 2.92. The number of benzene rings is 2. The molecule has 1 amide bonds. The van der Waals surface area contributed by atoms with Gasteiger partial charge in [-0.25, -0.2) is 0 Å². The second-order valence-electron chi connectivity index (χ2n) is 6.16. The van der Waals surface area contributed by atoms with Gasteiger partial charge in [-0.05, 0) is 37.1 Å². The average Bonchev–Trinajstić information content (AvgIpc) is 2.75. The van der Waals surface area contributed by atoms with Crippen molar-refractivity contribution in [2.24, 2.45) is 4.99 Å². The predicted molar refractivity (Wildman–Crippen MR) is 100 cm³/mol. The molecule has 0 spiro atoms. The van der Waals surface area contributed by atoms with E-state index in [1.165, 1.54) is 11.1 Å². The first-order chi connectivity index (χ1) is 11.6. The zero-order chi connectivity index (χ0) is 16.7. The van der Waals surface area contributed by atoms with Crippen LogP contribution in [0.1, 0.15) is 22.3 Å². The van der Waals surface area contributed by atoms with Crippen molar-refractivity contribution in [3.8, 4) is 0 Å². The quantitative estimate of drug-likeness (QED) is 0.736. The molecule has 0 aromatic heterocycles. The number of nitrogens with zero attached hydrogens (tertiary/aromatic N) is 2. The van der Waals surface area contributed by atoms with Gasteiger partial charge in [-0.1, -0.05) is 51.8 Å². The van der Waals surface area contributed by atoms with Crippen LogP contribution in [0, 0.1) is 6.92 Å². The highest BCUT2D eigenvalue weighted by Crippen LogP contribution is 2.34. The van der Waals surface area contributed by atoms with E-state index in [0.717, 1.165) is 33.4 Å². The predicted octanol–water partition coefficient (Wildman–Crippen LogP) is 3.99. The SMILES string of the molecule is Cc1cccc(C2=NCC(=O)N3CCc4c(Br)cccc4C3=C2)c1. The molecule has 0 radical (unpaired) electrons. The van der Waals surface area contributed by atoms with Gasteiger partial charge in [-0.2, -0.15) is 0 Å². The number of carbonyl (C=O) groups is 1. The zero-order valence-electron chi connectivity index (χ0n) is 13.4. The van der Waals surface area contributed by atoms with Crippen LogP contribution in [0.2, 0.25) is 0 Å². The van der Waals surface area contributed by atoms with Crippen molar-refractivity contribution in [1.82, 2.24) is 4.90 Å². The van der Waals surface area contributed by atoms with Crippen molar-refractivity contribution in [2.45, 2.75) is 13.3 Å². The molecule has 0 saturated heterocycles. The Morgan fingerprint density at radius 2 is 2.00 bits per heavy atom. The highest BCUT2D eigenvalue weighted by atomic mass is 79.9. The molecule has 3 nitrogen and oxygen atoms in total. The number of aryl methyl sites for hydroxylation is 1. The Morgan fingerprint density at radius 3 is 2.83 bits per heavy atom. The molecule has 0 bridgehead atoms. The molecule has 0 fully saturated rings. The monoisotopic (exact) mass is 380 g/mol. The number of carbonyl (C=O) groups excluding carboxylic acids is 1. The minimum atomic E-state index is 0.0644. The molecular weight excluding hydrogens is 364 g/mol. The number of allylic oxidation sites excluding steroid dienone is 1. The molecular formula is C20H17BrN2O. The lowest BCUT2D eigenvalue weighted by atomic mass is 9.95. The molecule has 2 aromatic carbocycles. The molecule has 2 aliphatic rings. The lowest BCUT2D eigenvalue weighted by Gasteiger charge is -2.31. The molecule has 0 atom stereocenters. The number of rotatable bonds is 1. The molecule has 0 N–H and O–H groups in total. The largest absolute Gasteiger partial charge is 0.310 e. The number of hydrogen-bond donors (Lipinski definition) is 0. The molecule has 4 rings (SSSR count). The van der Waals surface area contributed by atoms with Gasteiger partial charge in [0, 0.05) is 22.1 Å². The standard InChI is InChI=1S/C20H17BrN2O/c1-13-4-2-5-14(10-13)18-11-19-16-6-3-7-17(21)15(16)8-9-23(19)20(24)12-22-18/h2-7,10-11H,8-9,12H2,1H3. The first kappa shape index (κ1) is 15.3. The summed E-state index contributed by atoms with van der Waals surface area (Å²) in [6.45, 7) is 2.97. The Bertz CT molecular complexity index is 898. The molecule has 24 heavy (non-hydrogen) atoms. The van der Waals surface area contributed by atoms with E-state index in [-0.39, 0.29) is 12.5 Å². The number of fused-ring (bicyclic) bond motifs is 3. The fraction of sp³-hybridized carbons (Fsp3) is 0.200. The maximum absolute atomic E-state index is 12.6. The van der Waals surface area contributed by atoms with Gasteiger partial charge in [-0.15, -0.1) is 0 Å². The summed E-state index contributed by atoms with van der Waals surface area (Å²) in [5.74, 6) is 0.0644. The van der Waals surface area contributed by atoms with Crippen molar-refractivity contribution in [1.29, 1.82) is 0 Å². The number of hydrogen-bond acceptors (Lipinski definition) is 2. The van der Waals surface area contributed by atoms with E-state index in [9.17, 15) is 4.79 Å². The van der Waals surface area contributed by atoms with Crippen LogP contribution in [0.25, 0.3) is 5.70 Å². The maximum Gasteiger partial charge on any atom is 0.248 e. The van der Waals surface area contributed by atoms with Crippen LogP contribution >= 0.6 is 15.9 Å². The van der Waals surface area contributed by atoms with Gasteiger partial charge in [0.05, 0.1) is 11.4 Å². The van der Waals surface area contributed by atoms with Gasteiger partial charge in [-0.3, -0.25) is 9.79 Å². The summed E-state index contributed by atoms with van der Waals surface area (Å²) in [5, 5.41) is 0. The van der Waals surface area contributed by atoms with Crippen LogP contribution in [0.15, 0.2) is 58.0 Å². The molecule has 0 unspecified atom stereocenters. The zero-order valence-corrected chi connectivity index (χ0v) is 15.0. The topological polar surface area (TPSA) is 32.7 Å². The van der Waals surface area contributed by atoms with Crippen molar-refractivity contribution in [3.63, 3.8) is 0 Å². The second kappa shape index (κ2) is 6.02. The van der Waals surface area contributed by atoms with Gasteiger partial charge in [0.1, 0.15) is 6.54 Å². The first-order valence-corrected chi connectivity index (χ1v) is 8.84. The molecule has 4 heteroatoms. The highest BCUT2D eigenvalue weighted by molar-refractivity contribution is 9.10. The van der Waals surface area contributed by atoms with Gasteiger partial charge >= 0.3 is 0 Å². The lowest BCUT2D eigenvalue weighted by Crippen LogP contribution is -2.35. The molecule has 2 aromatic rings. The van der Waals surface area contributed by atoms with Crippen molar-refractivity contribution in [2.75, 3.05) is 13.1 Å². The van der Waals surface area contributed by atoms with E-state index >= 15 is 0 Å². The Kier molecular flexibility index (Phi) is 3.85. The smallest absolute Gasteiger partial charge is 0.248 e. The van der Waals surface area contributed by atoms with Crippen LogP contribution in [0.5, 0.6) is 0 Å². The Labute approximate surface area is 149 Å². The third kappa shape index (κ3) is 2.61. The Balaban J connectivity index is 1.88. The number of amides is 1. The average molecular weight is 381 g/mol. The summed E-state index contributed by atoms with van der Waals surface area (Å²) < 4.78 is 1.10. The first-order valence-electron chi connectivity index (χ1n) is 8.05. The van der Waals surface area contributed by atoms with Crippen molar-refractivity contribution >= 4 is 33.2 Å². The van der Waals surface area contributed by atoms with Crippen LogP contribution in [-0.2, 0) is 11.2 Å². The highest BCUT2D eigenvalue weighted by Gasteiger charge is 2.28. The fourth-order valence-electron chi connectivity index (χ4n) is 3.35. The molecule has 0 saturated carbocycles. The number of halogens is 1. The van der Waals surface area contributed by atoms with E-state index in [1.807, 2.05) is 23.1 Å². The van der Waals surface area contributed by atoms with Crippen LogP contribution < -0.4 is 0 Å². The maximum atomic E-state index is 12.6. The van der Waals surface area contributed by atoms with Gasteiger partial charge in [0.2, 0.25) is 5.91 Å². The number of aliphatic imine (C=N–C) groups is 1. The molecule has 0 aliphatic carbocycles. The second-order valence-corrected chi connectivity index (χ2v) is 7.02. The third-order valence-electron chi connectivity index (χ3n) is 4.54. The molecule has 120 valence electrons. The Morgan fingerprint density at radius 1 is 1.17 bits per heavy atom. The summed E-state index contributed by atoms with van der Waals surface area (Å²) in [6, 6.07) is 14.4. The third-order valence-corrected chi connectivity index (χ3v) is 5.29. The van der Waals surface area contributed by atoms with E-state index in [2.05, 4.69) is 58.2 Å². The summed E-state index contributed by atoms with van der Waals surface area (Å²) in [7, 11) is 0.